The minimum atomic E-state index is -0.475. The third-order valence-electron chi connectivity index (χ3n) is 0.621. The smallest absolute Gasteiger partial charge is 0.313 e. The molecule has 0 aromatic rings. The van der Waals surface area contributed by atoms with Gasteiger partial charge in [-0.05, 0) is 6.92 Å². The number of methoxy groups -OCH3 is 1. The summed E-state index contributed by atoms with van der Waals surface area (Å²) in [4.78, 5) is 20.3. The number of esters is 1. The van der Waals surface area contributed by atoms with Gasteiger partial charge in [-0.25, -0.2) is 0 Å². The van der Waals surface area contributed by atoms with E-state index in [0.717, 1.165) is 0 Å². The predicted molar refractivity (Wildman–Crippen MR) is 27.3 cm³/mol. The van der Waals surface area contributed by atoms with Gasteiger partial charge in [-0.2, -0.15) is 0 Å². The SMILES string of the molecule is COC(=O)CC(C)=O.[Cr]. The molecule has 0 saturated carbocycles. The van der Waals surface area contributed by atoms with Crippen molar-refractivity contribution < 1.29 is 31.7 Å². The predicted octanol–water partition coefficient (Wildman–Crippen LogP) is 0.136. The average molecular weight is 168 g/mol. The van der Waals surface area contributed by atoms with Crippen LogP contribution in [0.3, 0.4) is 0 Å². The maximum atomic E-state index is 10.2. The number of Topliss-reactive ketones (excluding diaryl/α,β-unsaturated/α-hetero) is 1. The van der Waals surface area contributed by atoms with Crippen LogP contribution in [0, 0.1) is 0 Å². The Morgan fingerprint density at radius 1 is 1.44 bits per heavy atom. The fourth-order valence-corrected chi connectivity index (χ4v) is 0.275. The monoisotopic (exact) mass is 168 g/mol. The van der Waals surface area contributed by atoms with Gasteiger partial charge in [0.1, 0.15) is 12.2 Å². The van der Waals surface area contributed by atoms with Crippen LogP contribution in [-0.2, 0) is 31.7 Å². The van der Waals surface area contributed by atoms with Crippen molar-refractivity contribution in [2.24, 2.45) is 0 Å². The summed E-state index contributed by atoms with van der Waals surface area (Å²) in [6, 6.07) is 0. The Labute approximate surface area is 64.5 Å². The number of ether oxygens (including phenoxy) is 1. The van der Waals surface area contributed by atoms with Crippen molar-refractivity contribution in [3.8, 4) is 0 Å². The first-order chi connectivity index (χ1) is 3.66. The second-order valence-electron chi connectivity index (χ2n) is 1.45. The molecule has 0 aliphatic heterocycles. The summed E-state index contributed by atoms with van der Waals surface area (Å²) in [6.45, 7) is 1.34. The molecular weight excluding hydrogens is 160 g/mol. The van der Waals surface area contributed by atoms with Crippen LogP contribution in [0.25, 0.3) is 0 Å². The maximum absolute atomic E-state index is 10.2. The molecule has 0 rings (SSSR count). The molecule has 0 unspecified atom stereocenters. The molecule has 0 amide bonds. The van der Waals surface area contributed by atoms with E-state index in [2.05, 4.69) is 4.74 Å². The Balaban J connectivity index is 0. The summed E-state index contributed by atoms with van der Waals surface area (Å²) < 4.78 is 4.20. The van der Waals surface area contributed by atoms with Crippen molar-refractivity contribution in [2.45, 2.75) is 13.3 Å². The van der Waals surface area contributed by atoms with E-state index in [1.165, 1.54) is 14.0 Å². The topological polar surface area (TPSA) is 43.4 Å². The van der Waals surface area contributed by atoms with Gasteiger partial charge >= 0.3 is 5.97 Å². The first-order valence-corrected chi connectivity index (χ1v) is 2.23. The molecule has 9 heavy (non-hydrogen) atoms. The maximum Gasteiger partial charge on any atom is 0.313 e. The van der Waals surface area contributed by atoms with E-state index in [9.17, 15) is 9.59 Å². The van der Waals surface area contributed by atoms with Crippen LogP contribution in [0.5, 0.6) is 0 Å². The quantitative estimate of drug-likeness (QED) is 0.435. The molecule has 0 N–H and O–H groups in total. The third-order valence-corrected chi connectivity index (χ3v) is 0.621. The van der Waals surface area contributed by atoms with Crippen molar-refractivity contribution in [1.82, 2.24) is 0 Å². The molecule has 0 spiro atoms. The van der Waals surface area contributed by atoms with Crippen molar-refractivity contribution in [3.05, 3.63) is 0 Å². The number of carbonyl (C=O) groups excluding carboxylic acids is 2. The summed E-state index contributed by atoms with van der Waals surface area (Å²) in [5.74, 6) is -0.644. The molecule has 3 nitrogen and oxygen atoms in total. The zero-order chi connectivity index (χ0) is 6.57. The first kappa shape index (κ1) is 11.5. The van der Waals surface area contributed by atoms with Gasteiger partial charge < -0.3 is 4.74 Å². The number of ketones is 1. The number of carbonyl (C=O) groups is 2. The van der Waals surface area contributed by atoms with Crippen LogP contribution in [0.1, 0.15) is 13.3 Å². The van der Waals surface area contributed by atoms with Gasteiger partial charge in [0.05, 0.1) is 7.11 Å². The van der Waals surface area contributed by atoms with Crippen LogP contribution >= 0.6 is 0 Å². The Bertz CT molecular complexity index is 111. The van der Waals surface area contributed by atoms with Gasteiger partial charge in [0.15, 0.2) is 0 Å². The van der Waals surface area contributed by atoms with E-state index in [0.29, 0.717) is 0 Å². The summed E-state index contributed by atoms with van der Waals surface area (Å²) in [5.41, 5.74) is 0. The Hall–Kier alpha value is -0.328. The van der Waals surface area contributed by atoms with E-state index in [1.54, 1.807) is 0 Å². The normalized spacial score (nSPS) is 7.33. The second-order valence-corrected chi connectivity index (χ2v) is 1.45. The standard InChI is InChI=1S/C5H8O3.Cr/c1-4(6)3-5(7)8-2;/h3H2,1-2H3;. The zero-order valence-corrected chi connectivity index (χ0v) is 6.62. The fraction of sp³-hybridized carbons (Fsp3) is 0.600. The summed E-state index contributed by atoms with van der Waals surface area (Å²) in [5, 5.41) is 0. The van der Waals surface area contributed by atoms with Crippen molar-refractivity contribution in [2.75, 3.05) is 7.11 Å². The Morgan fingerprint density at radius 3 is 2.00 bits per heavy atom. The van der Waals surface area contributed by atoms with Crippen LogP contribution in [-0.4, -0.2) is 18.9 Å². The number of rotatable bonds is 2. The first-order valence-electron chi connectivity index (χ1n) is 2.23. The molecule has 0 aliphatic rings. The number of hydrogen-bond donors (Lipinski definition) is 0. The largest absolute Gasteiger partial charge is 0.469 e. The van der Waals surface area contributed by atoms with Gasteiger partial charge in [-0.3, -0.25) is 9.59 Å². The third kappa shape index (κ3) is 7.67. The molecule has 52 valence electrons. The Kier molecular flexibility index (Phi) is 7.39. The van der Waals surface area contributed by atoms with E-state index in [-0.39, 0.29) is 29.6 Å². The van der Waals surface area contributed by atoms with E-state index in [4.69, 9.17) is 0 Å². The van der Waals surface area contributed by atoms with Crippen molar-refractivity contribution in [1.29, 1.82) is 0 Å². The van der Waals surface area contributed by atoms with E-state index < -0.39 is 5.97 Å². The molecule has 0 fully saturated rings. The number of hydrogen-bond acceptors (Lipinski definition) is 3. The van der Waals surface area contributed by atoms with Crippen LogP contribution in [0.2, 0.25) is 0 Å². The van der Waals surface area contributed by atoms with Gasteiger partial charge in [0, 0.05) is 17.4 Å². The molecule has 0 saturated heterocycles. The van der Waals surface area contributed by atoms with Crippen LogP contribution in [0.4, 0.5) is 0 Å². The van der Waals surface area contributed by atoms with E-state index >= 15 is 0 Å². The molecule has 0 aromatic heterocycles. The van der Waals surface area contributed by atoms with E-state index in [1.807, 2.05) is 0 Å². The van der Waals surface area contributed by atoms with Gasteiger partial charge in [-0.15, -0.1) is 0 Å². The Morgan fingerprint density at radius 2 is 1.89 bits per heavy atom. The van der Waals surface area contributed by atoms with Crippen molar-refractivity contribution >= 4 is 11.8 Å². The van der Waals surface area contributed by atoms with Gasteiger partial charge in [0.2, 0.25) is 0 Å². The summed E-state index contributed by atoms with van der Waals surface area (Å²) >= 11 is 0. The minimum Gasteiger partial charge on any atom is -0.469 e. The fourth-order valence-electron chi connectivity index (χ4n) is 0.275. The zero-order valence-electron chi connectivity index (χ0n) is 5.34. The molecule has 0 bridgehead atoms. The molecule has 0 radical (unpaired) electrons. The minimum absolute atomic E-state index is 0. The molecule has 0 atom stereocenters. The van der Waals surface area contributed by atoms with Crippen LogP contribution < -0.4 is 0 Å². The summed E-state index contributed by atoms with van der Waals surface area (Å²) in [7, 11) is 1.26. The summed E-state index contributed by atoms with van der Waals surface area (Å²) in [6.07, 6.45) is -0.115. The van der Waals surface area contributed by atoms with Crippen LogP contribution in [0.15, 0.2) is 0 Å². The second kappa shape index (κ2) is 5.80. The molecule has 0 aliphatic carbocycles. The molecule has 4 heteroatoms. The molecule has 0 heterocycles. The average Bonchev–Trinajstić information content (AvgIpc) is 1.65. The van der Waals surface area contributed by atoms with Gasteiger partial charge in [0.25, 0.3) is 0 Å². The molecule has 0 aromatic carbocycles. The molecular formula is C5H8CrO3. The van der Waals surface area contributed by atoms with Crippen molar-refractivity contribution in [3.63, 3.8) is 0 Å². The van der Waals surface area contributed by atoms with Gasteiger partial charge in [-0.1, -0.05) is 0 Å².